The van der Waals surface area contributed by atoms with Crippen molar-refractivity contribution < 1.29 is 19.7 Å². The fourth-order valence-electron chi connectivity index (χ4n) is 4.03. The van der Waals surface area contributed by atoms with Crippen LogP contribution in [0.15, 0.2) is 53.5 Å². The molecular formula is C23H27N3O4S. The van der Waals surface area contributed by atoms with Crippen molar-refractivity contribution in [1.29, 1.82) is 0 Å². The van der Waals surface area contributed by atoms with Crippen LogP contribution in [-0.2, 0) is 11.3 Å². The number of anilines is 1. The number of benzene rings is 2. The van der Waals surface area contributed by atoms with Gasteiger partial charge in [0.2, 0.25) is 5.91 Å². The second kappa shape index (κ2) is 9.30. The first kappa shape index (κ1) is 21.7. The Bertz CT molecular complexity index is 966. The van der Waals surface area contributed by atoms with Crippen molar-refractivity contribution in [3.05, 3.63) is 59.7 Å². The largest absolute Gasteiger partial charge is 0.496 e. The number of aliphatic hydroxyl groups is 2. The maximum absolute atomic E-state index is 13.0. The number of para-hydroxylation sites is 1. The maximum Gasteiger partial charge on any atom is 0.224 e. The van der Waals surface area contributed by atoms with Gasteiger partial charge < -0.3 is 25.6 Å². The third kappa shape index (κ3) is 4.71. The highest BCUT2D eigenvalue weighted by Gasteiger charge is 2.50. The number of hydrogen-bond donors (Lipinski definition) is 4. The number of thioether (sulfide) groups is 1. The molecule has 2 aliphatic rings. The predicted octanol–water partition coefficient (Wildman–Crippen LogP) is 2.31. The molecule has 1 amide bonds. The summed E-state index contributed by atoms with van der Waals surface area (Å²) in [7, 11) is 1.60. The molecule has 1 aliphatic carbocycles. The van der Waals surface area contributed by atoms with Crippen LogP contribution in [0.4, 0.5) is 5.69 Å². The number of hydrogen-bond acceptors (Lipinski definition) is 7. The molecule has 31 heavy (non-hydrogen) atoms. The Morgan fingerprint density at radius 1 is 1.19 bits per heavy atom. The van der Waals surface area contributed by atoms with E-state index in [0.717, 1.165) is 16.8 Å². The number of aryl methyl sites for hydroxylation is 1. The summed E-state index contributed by atoms with van der Waals surface area (Å²) in [5.74, 6) is 0.0817. The van der Waals surface area contributed by atoms with Crippen molar-refractivity contribution in [3.63, 3.8) is 0 Å². The van der Waals surface area contributed by atoms with Crippen molar-refractivity contribution in [2.24, 2.45) is 10.9 Å². The van der Waals surface area contributed by atoms with Gasteiger partial charge in [0.1, 0.15) is 11.9 Å². The number of rotatable bonds is 5. The van der Waals surface area contributed by atoms with E-state index in [4.69, 9.17) is 4.74 Å². The molecule has 1 heterocycles. The van der Waals surface area contributed by atoms with Gasteiger partial charge in [-0.2, -0.15) is 0 Å². The quantitative estimate of drug-likeness (QED) is 0.568. The number of methoxy groups -OCH3 is 1. The zero-order valence-corrected chi connectivity index (χ0v) is 18.3. The van der Waals surface area contributed by atoms with Gasteiger partial charge in [-0.1, -0.05) is 47.7 Å². The van der Waals surface area contributed by atoms with Crippen LogP contribution in [0.2, 0.25) is 0 Å². The third-order valence-corrected chi connectivity index (χ3v) is 7.08. The number of nitrogens with zero attached hydrogens (tertiary/aromatic N) is 1. The van der Waals surface area contributed by atoms with Crippen molar-refractivity contribution >= 4 is 28.5 Å². The Kier molecular flexibility index (Phi) is 6.50. The van der Waals surface area contributed by atoms with Crippen molar-refractivity contribution in [2.45, 2.75) is 43.4 Å². The maximum atomic E-state index is 13.0. The fraction of sp³-hybridized carbons (Fsp3) is 0.391. The van der Waals surface area contributed by atoms with Crippen LogP contribution in [0, 0.1) is 12.8 Å². The zero-order chi connectivity index (χ0) is 22.0. The van der Waals surface area contributed by atoms with E-state index in [0.29, 0.717) is 17.5 Å². The number of nitrogens with one attached hydrogen (secondary N) is 2. The van der Waals surface area contributed by atoms with Gasteiger partial charge in [-0.25, -0.2) is 0 Å². The molecule has 1 fully saturated rings. The number of carbonyl (C=O) groups excluding carboxylic acids is 1. The third-order valence-electron chi connectivity index (χ3n) is 5.77. The van der Waals surface area contributed by atoms with Crippen LogP contribution < -0.4 is 15.4 Å². The molecule has 1 aliphatic heterocycles. The molecule has 0 aromatic heterocycles. The molecule has 1 saturated carbocycles. The number of aliphatic imine (C=N–C) groups is 1. The summed E-state index contributed by atoms with van der Waals surface area (Å²) in [6.07, 6.45) is -1.79. The molecule has 0 bridgehead atoms. The highest BCUT2D eigenvalue weighted by atomic mass is 32.2. The number of amides is 1. The van der Waals surface area contributed by atoms with Crippen LogP contribution in [-0.4, -0.2) is 51.9 Å². The molecular weight excluding hydrogens is 414 g/mol. The highest BCUT2D eigenvalue weighted by Crippen LogP contribution is 2.41. The molecule has 2 aromatic carbocycles. The Hall–Kier alpha value is -2.55. The van der Waals surface area contributed by atoms with E-state index in [9.17, 15) is 15.0 Å². The lowest BCUT2D eigenvalue weighted by atomic mass is 9.81. The summed E-state index contributed by atoms with van der Waals surface area (Å²) in [6.45, 7) is 2.35. The minimum Gasteiger partial charge on any atom is -0.496 e. The normalized spacial score (nSPS) is 27.2. The molecule has 0 unspecified atom stereocenters. The SMILES string of the molecule is COc1ccccc1CNC(=O)[C@H]1C[C@@H](O)[C@H](O)[C@H]2N=C(Nc3ccc(C)cc3)S[C@@H]21. The van der Waals surface area contributed by atoms with Crippen molar-refractivity contribution in [3.8, 4) is 5.75 Å². The van der Waals surface area contributed by atoms with Crippen LogP contribution in [0.3, 0.4) is 0 Å². The number of carbonyl (C=O) groups is 1. The Labute approximate surface area is 185 Å². The van der Waals surface area contributed by atoms with Crippen LogP contribution in [0.5, 0.6) is 5.75 Å². The average molecular weight is 442 g/mol. The van der Waals surface area contributed by atoms with Gasteiger partial charge in [0.15, 0.2) is 5.17 Å². The fourth-order valence-corrected chi connectivity index (χ4v) is 5.41. The van der Waals surface area contributed by atoms with Crippen LogP contribution >= 0.6 is 11.8 Å². The average Bonchev–Trinajstić information content (AvgIpc) is 3.20. The zero-order valence-electron chi connectivity index (χ0n) is 17.5. The lowest BCUT2D eigenvalue weighted by molar-refractivity contribution is -0.129. The van der Waals surface area contributed by atoms with Gasteiger partial charge in [0, 0.05) is 23.0 Å². The monoisotopic (exact) mass is 441 g/mol. The Balaban J connectivity index is 1.45. The number of ether oxygens (including phenoxy) is 1. The molecule has 0 saturated heterocycles. The van der Waals surface area contributed by atoms with E-state index in [1.807, 2.05) is 55.5 Å². The van der Waals surface area contributed by atoms with Gasteiger partial charge in [-0.15, -0.1) is 0 Å². The van der Waals surface area contributed by atoms with E-state index in [-0.39, 0.29) is 17.6 Å². The molecule has 4 rings (SSSR count). The lowest BCUT2D eigenvalue weighted by Crippen LogP contribution is -2.53. The van der Waals surface area contributed by atoms with Gasteiger partial charge >= 0.3 is 0 Å². The summed E-state index contributed by atoms with van der Waals surface area (Å²) in [5, 5.41) is 27.5. The van der Waals surface area contributed by atoms with E-state index in [2.05, 4.69) is 15.6 Å². The van der Waals surface area contributed by atoms with E-state index in [1.165, 1.54) is 11.8 Å². The lowest BCUT2D eigenvalue weighted by Gasteiger charge is -2.37. The predicted molar refractivity (Wildman–Crippen MR) is 122 cm³/mol. The van der Waals surface area contributed by atoms with Crippen molar-refractivity contribution in [2.75, 3.05) is 12.4 Å². The van der Waals surface area contributed by atoms with Gasteiger partial charge in [-0.3, -0.25) is 9.79 Å². The van der Waals surface area contributed by atoms with Crippen LogP contribution in [0.1, 0.15) is 17.5 Å². The number of aliphatic hydroxyl groups excluding tert-OH is 2. The first-order valence-corrected chi connectivity index (χ1v) is 11.2. The van der Waals surface area contributed by atoms with E-state index in [1.54, 1.807) is 7.11 Å². The molecule has 2 aromatic rings. The molecule has 164 valence electrons. The minimum absolute atomic E-state index is 0.161. The van der Waals surface area contributed by atoms with Crippen molar-refractivity contribution in [1.82, 2.24) is 5.32 Å². The summed E-state index contributed by atoms with van der Waals surface area (Å²) < 4.78 is 5.35. The number of amidine groups is 1. The first-order valence-electron chi connectivity index (χ1n) is 10.3. The molecule has 0 spiro atoms. The Morgan fingerprint density at radius 2 is 1.94 bits per heavy atom. The van der Waals surface area contributed by atoms with E-state index >= 15 is 0 Å². The van der Waals surface area contributed by atoms with Gasteiger partial charge in [0.05, 0.1) is 25.2 Å². The molecule has 0 radical (unpaired) electrons. The minimum atomic E-state index is -0.994. The summed E-state index contributed by atoms with van der Waals surface area (Å²) in [4.78, 5) is 17.6. The summed E-state index contributed by atoms with van der Waals surface area (Å²) >= 11 is 1.45. The smallest absolute Gasteiger partial charge is 0.224 e. The first-order chi connectivity index (χ1) is 15.0. The van der Waals surface area contributed by atoms with E-state index < -0.39 is 24.2 Å². The van der Waals surface area contributed by atoms with Crippen LogP contribution in [0.25, 0.3) is 0 Å². The molecule has 8 heteroatoms. The Morgan fingerprint density at radius 3 is 2.68 bits per heavy atom. The second-order valence-electron chi connectivity index (χ2n) is 7.93. The number of fused-ring (bicyclic) bond motifs is 1. The topological polar surface area (TPSA) is 103 Å². The molecule has 5 atom stereocenters. The summed E-state index contributed by atoms with van der Waals surface area (Å²) in [6, 6.07) is 14.9. The van der Waals surface area contributed by atoms with Gasteiger partial charge in [-0.05, 0) is 31.5 Å². The second-order valence-corrected chi connectivity index (χ2v) is 9.09. The molecule has 7 nitrogen and oxygen atoms in total. The summed E-state index contributed by atoms with van der Waals surface area (Å²) in [5.41, 5.74) is 2.93. The van der Waals surface area contributed by atoms with Gasteiger partial charge in [0.25, 0.3) is 0 Å². The highest BCUT2D eigenvalue weighted by molar-refractivity contribution is 8.15. The standard InChI is InChI=1S/C23H27N3O4S/c1-13-7-9-15(10-8-13)25-23-26-19-20(28)17(27)11-16(21(19)31-23)22(29)24-12-14-5-3-4-6-18(14)30-2/h3-10,16-17,19-21,27-28H,11-12H2,1-2H3,(H,24,29)(H,25,26)/t16-,17+,19+,20-,21+/m0/s1. The molecule has 4 N–H and O–H groups in total.